The highest BCUT2D eigenvalue weighted by Crippen LogP contribution is 2.28. The lowest BCUT2D eigenvalue weighted by atomic mass is 10.3. The Kier molecular flexibility index (Phi) is 4.02. The van der Waals surface area contributed by atoms with Crippen LogP contribution < -0.4 is 10.1 Å². The number of thiazole rings is 1. The fourth-order valence-corrected chi connectivity index (χ4v) is 2.55. The molecule has 3 nitrogen and oxygen atoms in total. The van der Waals surface area contributed by atoms with Crippen molar-refractivity contribution in [2.45, 2.75) is 13.5 Å². The Labute approximate surface area is 113 Å². The molecule has 0 radical (unpaired) electrons. The second-order valence-electron chi connectivity index (χ2n) is 3.58. The molecular formula is C12H13BrN2OS. The van der Waals surface area contributed by atoms with E-state index in [0.717, 1.165) is 26.6 Å². The molecule has 1 N–H and O–H groups in total. The fraction of sp³-hybridized carbons (Fsp3) is 0.250. The van der Waals surface area contributed by atoms with Crippen molar-refractivity contribution >= 4 is 33.0 Å². The van der Waals surface area contributed by atoms with Gasteiger partial charge in [0.15, 0.2) is 0 Å². The minimum absolute atomic E-state index is 0.714. The monoisotopic (exact) mass is 312 g/mol. The SMILES string of the molecule is COc1ccc(Br)cc1NCc1nc(C)cs1. The molecule has 0 aliphatic rings. The van der Waals surface area contributed by atoms with E-state index < -0.39 is 0 Å². The number of methoxy groups -OCH3 is 1. The standard InChI is InChI=1S/C12H13BrN2OS/c1-8-7-17-12(15-8)6-14-10-5-9(13)3-4-11(10)16-2/h3-5,7,14H,6H2,1-2H3. The summed E-state index contributed by atoms with van der Waals surface area (Å²) in [6.07, 6.45) is 0. The second kappa shape index (κ2) is 5.51. The van der Waals surface area contributed by atoms with Crippen LogP contribution >= 0.6 is 27.3 Å². The first-order chi connectivity index (χ1) is 8.19. The van der Waals surface area contributed by atoms with Crippen LogP contribution in [0.4, 0.5) is 5.69 Å². The summed E-state index contributed by atoms with van der Waals surface area (Å²) in [5, 5.41) is 6.45. The van der Waals surface area contributed by atoms with Gasteiger partial charge in [0.25, 0.3) is 0 Å². The number of rotatable bonds is 4. The van der Waals surface area contributed by atoms with Gasteiger partial charge in [0.2, 0.25) is 0 Å². The molecule has 0 saturated carbocycles. The number of halogens is 1. The summed E-state index contributed by atoms with van der Waals surface area (Å²) in [7, 11) is 1.67. The van der Waals surface area contributed by atoms with Gasteiger partial charge in [-0.3, -0.25) is 0 Å². The van der Waals surface area contributed by atoms with Crippen molar-refractivity contribution in [2.24, 2.45) is 0 Å². The zero-order valence-corrected chi connectivity index (χ0v) is 12.1. The molecule has 0 saturated heterocycles. The molecule has 0 bridgehead atoms. The first kappa shape index (κ1) is 12.4. The van der Waals surface area contributed by atoms with Crippen LogP contribution in [0, 0.1) is 6.92 Å². The van der Waals surface area contributed by atoms with E-state index >= 15 is 0 Å². The van der Waals surface area contributed by atoms with Crippen LogP contribution in [0.5, 0.6) is 5.75 Å². The highest BCUT2D eigenvalue weighted by Gasteiger charge is 2.04. The third-order valence-corrected chi connectivity index (χ3v) is 3.72. The van der Waals surface area contributed by atoms with Crippen molar-refractivity contribution in [1.82, 2.24) is 4.98 Å². The number of hydrogen-bond acceptors (Lipinski definition) is 4. The molecule has 1 aromatic heterocycles. The molecule has 0 fully saturated rings. The first-order valence-corrected chi connectivity index (χ1v) is 6.84. The summed E-state index contributed by atoms with van der Waals surface area (Å²) in [6, 6.07) is 5.89. The van der Waals surface area contributed by atoms with Gasteiger partial charge >= 0.3 is 0 Å². The van der Waals surface area contributed by atoms with Crippen molar-refractivity contribution in [3.8, 4) is 5.75 Å². The summed E-state index contributed by atoms with van der Waals surface area (Å²) in [5.74, 6) is 0.835. The molecule has 0 spiro atoms. The minimum Gasteiger partial charge on any atom is -0.495 e. The van der Waals surface area contributed by atoms with Crippen LogP contribution in [0.3, 0.4) is 0 Å². The van der Waals surface area contributed by atoms with Crippen molar-refractivity contribution < 1.29 is 4.74 Å². The molecule has 0 amide bonds. The first-order valence-electron chi connectivity index (χ1n) is 5.17. The minimum atomic E-state index is 0.714. The summed E-state index contributed by atoms with van der Waals surface area (Å²) >= 11 is 5.11. The maximum absolute atomic E-state index is 5.29. The molecule has 5 heteroatoms. The van der Waals surface area contributed by atoms with Crippen LogP contribution in [0.15, 0.2) is 28.1 Å². The Hall–Kier alpha value is -1.07. The fourth-order valence-electron chi connectivity index (χ4n) is 1.47. The van der Waals surface area contributed by atoms with Crippen LogP contribution in [-0.2, 0) is 6.54 Å². The molecular weight excluding hydrogens is 300 g/mol. The molecule has 17 heavy (non-hydrogen) atoms. The zero-order chi connectivity index (χ0) is 12.3. The van der Waals surface area contributed by atoms with Crippen LogP contribution in [-0.4, -0.2) is 12.1 Å². The highest BCUT2D eigenvalue weighted by molar-refractivity contribution is 9.10. The average molecular weight is 313 g/mol. The Balaban J connectivity index is 2.10. The Morgan fingerprint density at radius 3 is 2.94 bits per heavy atom. The molecule has 1 heterocycles. The van der Waals surface area contributed by atoms with E-state index in [4.69, 9.17) is 4.74 Å². The Morgan fingerprint density at radius 1 is 1.47 bits per heavy atom. The molecule has 2 rings (SSSR count). The summed E-state index contributed by atoms with van der Waals surface area (Å²) < 4.78 is 6.32. The van der Waals surface area contributed by atoms with Crippen molar-refractivity contribution in [1.29, 1.82) is 0 Å². The van der Waals surface area contributed by atoms with Gasteiger partial charge in [-0.15, -0.1) is 11.3 Å². The second-order valence-corrected chi connectivity index (χ2v) is 5.44. The summed E-state index contributed by atoms with van der Waals surface area (Å²) in [4.78, 5) is 4.41. The van der Waals surface area contributed by atoms with Gasteiger partial charge in [0.05, 0.1) is 19.3 Å². The topological polar surface area (TPSA) is 34.1 Å². The molecule has 0 aliphatic carbocycles. The van der Waals surface area contributed by atoms with Gasteiger partial charge in [-0.2, -0.15) is 0 Å². The number of nitrogens with zero attached hydrogens (tertiary/aromatic N) is 1. The van der Waals surface area contributed by atoms with Gasteiger partial charge < -0.3 is 10.1 Å². The van der Waals surface area contributed by atoms with E-state index in [0.29, 0.717) is 6.54 Å². The normalized spacial score (nSPS) is 10.3. The third-order valence-electron chi connectivity index (χ3n) is 2.26. The smallest absolute Gasteiger partial charge is 0.142 e. The van der Waals surface area contributed by atoms with E-state index in [1.165, 1.54) is 0 Å². The number of hydrogen-bond donors (Lipinski definition) is 1. The van der Waals surface area contributed by atoms with Gasteiger partial charge in [-0.05, 0) is 25.1 Å². The molecule has 2 aromatic rings. The number of ether oxygens (including phenoxy) is 1. The zero-order valence-electron chi connectivity index (χ0n) is 9.66. The maximum atomic E-state index is 5.29. The van der Waals surface area contributed by atoms with Crippen LogP contribution in [0.1, 0.15) is 10.7 Å². The maximum Gasteiger partial charge on any atom is 0.142 e. The lowest BCUT2D eigenvalue weighted by Crippen LogP contribution is -2.01. The van der Waals surface area contributed by atoms with E-state index in [9.17, 15) is 0 Å². The van der Waals surface area contributed by atoms with Crippen molar-refractivity contribution in [3.63, 3.8) is 0 Å². The van der Waals surface area contributed by atoms with Gasteiger partial charge in [0, 0.05) is 15.5 Å². The molecule has 0 atom stereocenters. The predicted octanol–water partition coefficient (Wildman–Crippen LogP) is 3.83. The largest absolute Gasteiger partial charge is 0.495 e. The van der Waals surface area contributed by atoms with Gasteiger partial charge in [0.1, 0.15) is 10.8 Å². The van der Waals surface area contributed by atoms with Gasteiger partial charge in [-0.1, -0.05) is 15.9 Å². The molecule has 0 unspecified atom stereocenters. The third kappa shape index (κ3) is 3.20. The molecule has 0 aliphatic heterocycles. The lowest BCUT2D eigenvalue weighted by Gasteiger charge is -2.10. The number of benzene rings is 1. The van der Waals surface area contributed by atoms with E-state index in [1.807, 2.05) is 25.1 Å². The number of aryl methyl sites for hydroxylation is 1. The van der Waals surface area contributed by atoms with Crippen molar-refractivity contribution in [2.75, 3.05) is 12.4 Å². The summed E-state index contributed by atoms with van der Waals surface area (Å²) in [5.41, 5.74) is 2.03. The Bertz CT molecular complexity index is 513. The quantitative estimate of drug-likeness (QED) is 0.931. The molecule has 1 aromatic carbocycles. The van der Waals surface area contributed by atoms with Crippen molar-refractivity contribution in [3.05, 3.63) is 38.8 Å². The lowest BCUT2D eigenvalue weighted by molar-refractivity contribution is 0.416. The average Bonchev–Trinajstić information content (AvgIpc) is 2.73. The van der Waals surface area contributed by atoms with E-state index in [2.05, 4.69) is 31.6 Å². The predicted molar refractivity (Wildman–Crippen MR) is 74.9 cm³/mol. The number of anilines is 1. The van der Waals surface area contributed by atoms with E-state index in [-0.39, 0.29) is 0 Å². The van der Waals surface area contributed by atoms with E-state index in [1.54, 1.807) is 18.4 Å². The van der Waals surface area contributed by atoms with Gasteiger partial charge in [-0.25, -0.2) is 4.98 Å². The van der Waals surface area contributed by atoms with Crippen LogP contribution in [0.25, 0.3) is 0 Å². The molecule has 90 valence electrons. The summed E-state index contributed by atoms with van der Waals surface area (Å²) in [6.45, 7) is 2.71. The van der Waals surface area contributed by atoms with Crippen LogP contribution in [0.2, 0.25) is 0 Å². The Morgan fingerprint density at radius 2 is 2.29 bits per heavy atom. The highest BCUT2D eigenvalue weighted by atomic mass is 79.9. The number of nitrogens with one attached hydrogen (secondary N) is 1. The number of aromatic nitrogens is 1.